The van der Waals surface area contributed by atoms with Crippen molar-refractivity contribution in [3.8, 4) is 0 Å². The lowest BCUT2D eigenvalue weighted by molar-refractivity contribution is 0.0634. The molecule has 0 saturated heterocycles. The summed E-state index contributed by atoms with van der Waals surface area (Å²) in [5.74, 6) is 0.0746. The number of para-hydroxylation sites is 1. The summed E-state index contributed by atoms with van der Waals surface area (Å²) in [6.07, 6.45) is 1.63. The van der Waals surface area contributed by atoms with Crippen LogP contribution < -0.4 is 0 Å². The molecular weight excluding hydrogens is 363 g/mol. The van der Waals surface area contributed by atoms with Gasteiger partial charge < -0.3 is 4.74 Å². The lowest BCUT2D eigenvalue weighted by Gasteiger charge is -2.35. The van der Waals surface area contributed by atoms with Gasteiger partial charge in [-0.25, -0.2) is 14.4 Å². The predicted octanol–water partition coefficient (Wildman–Crippen LogP) is 5.58. The monoisotopic (exact) mass is 382 g/mol. The van der Waals surface area contributed by atoms with E-state index in [1.807, 2.05) is 32.0 Å². The number of aromatic nitrogens is 1. The molecule has 3 aromatic rings. The van der Waals surface area contributed by atoms with Crippen LogP contribution in [0.2, 0.25) is 5.15 Å². The highest BCUT2D eigenvalue weighted by molar-refractivity contribution is 6.33. The minimum Gasteiger partial charge on any atom is -0.471 e. The van der Waals surface area contributed by atoms with Crippen LogP contribution in [0.3, 0.4) is 0 Å². The zero-order valence-electron chi connectivity index (χ0n) is 15.2. The molecule has 27 heavy (non-hydrogen) atoms. The minimum absolute atomic E-state index is 0.0745. The van der Waals surface area contributed by atoms with Crippen molar-refractivity contribution in [3.05, 3.63) is 76.7 Å². The maximum Gasteiger partial charge on any atom is 0.220 e. The first-order chi connectivity index (χ1) is 12.9. The fraction of sp³-hybridized carbons (Fsp3) is 0.273. The number of aliphatic imine (C=N–C) groups is 1. The third kappa shape index (κ3) is 3.81. The lowest BCUT2D eigenvalue weighted by Crippen LogP contribution is -2.38. The van der Waals surface area contributed by atoms with Gasteiger partial charge in [0.25, 0.3) is 0 Å². The summed E-state index contributed by atoms with van der Waals surface area (Å²) in [4.78, 5) is 9.05. The molecule has 0 fully saturated rings. The Morgan fingerprint density at radius 2 is 1.93 bits per heavy atom. The maximum absolute atomic E-state index is 14.0. The summed E-state index contributed by atoms with van der Waals surface area (Å²) in [5, 5.41) is 0.867. The van der Waals surface area contributed by atoms with E-state index in [9.17, 15) is 4.39 Å². The van der Waals surface area contributed by atoms with Gasteiger partial charge in [-0.05, 0) is 38.0 Å². The Morgan fingerprint density at radius 1 is 1.15 bits per heavy atom. The van der Waals surface area contributed by atoms with Crippen LogP contribution in [0, 0.1) is 5.82 Å². The van der Waals surface area contributed by atoms with Gasteiger partial charge in [0, 0.05) is 11.8 Å². The molecule has 0 spiro atoms. The third-order valence-corrected chi connectivity index (χ3v) is 4.98. The minimum atomic E-state index is -0.394. The molecule has 0 N–H and O–H groups in total. The molecule has 2 heterocycles. The predicted molar refractivity (Wildman–Crippen MR) is 107 cm³/mol. The Balaban J connectivity index is 1.74. The number of nitrogens with zero attached hydrogens (tertiary/aromatic N) is 2. The van der Waals surface area contributed by atoms with Gasteiger partial charge in [0.15, 0.2) is 0 Å². The molecule has 2 aromatic carbocycles. The van der Waals surface area contributed by atoms with E-state index in [1.54, 1.807) is 18.2 Å². The van der Waals surface area contributed by atoms with Crippen LogP contribution in [0.15, 0.2) is 59.6 Å². The highest BCUT2D eigenvalue weighted by Crippen LogP contribution is 2.31. The van der Waals surface area contributed by atoms with E-state index >= 15 is 0 Å². The second kappa shape index (κ2) is 6.93. The van der Waals surface area contributed by atoms with E-state index in [2.05, 4.69) is 17.1 Å². The Kier molecular flexibility index (Phi) is 4.60. The molecule has 4 rings (SSSR count). The van der Waals surface area contributed by atoms with Gasteiger partial charge in [-0.15, -0.1) is 0 Å². The quantitative estimate of drug-likeness (QED) is 0.554. The van der Waals surface area contributed by atoms with Crippen molar-refractivity contribution in [2.24, 2.45) is 4.99 Å². The molecule has 0 aliphatic carbocycles. The molecule has 0 amide bonds. The summed E-state index contributed by atoms with van der Waals surface area (Å²) in [7, 11) is 0. The molecule has 0 saturated carbocycles. The van der Waals surface area contributed by atoms with Gasteiger partial charge in [-0.3, -0.25) is 0 Å². The average Bonchev–Trinajstić information content (AvgIpc) is 2.61. The van der Waals surface area contributed by atoms with E-state index in [4.69, 9.17) is 21.3 Å². The molecule has 138 valence electrons. The van der Waals surface area contributed by atoms with E-state index in [0.29, 0.717) is 16.8 Å². The van der Waals surface area contributed by atoms with Crippen molar-refractivity contribution in [1.29, 1.82) is 0 Å². The number of rotatable bonds is 3. The standard InChI is InChI=1S/C22H20ClFN2O/c1-22(2)13-16(11-14-7-4-3-5-8-14)25-21(27-22)17-12-15-9-6-10-18(24)19(15)26-20(17)23/h3-10,12,16H,11,13H2,1-2H3. The van der Waals surface area contributed by atoms with Crippen LogP contribution in [0.25, 0.3) is 10.9 Å². The first-order valence-electron chi connectivity index (χ1n) is 8.97. The van der Waals surface area contributed by atoms with Gasteiger partial charge in [0.2, 0.25) is 5.90 Å². The van der Waals surface area contributed by atoms with Gasteiger partial charge in [-0.2, -0.15) is 0 Å². The third-order valence-electron chi connectivity index (χ3n) is 4.69. The fourth-order valence-corrected chi connectivity index (χ4v) is 3.75. The van der Waals surface area contributed by atoms with Crippen LogP contribution in [-0.2, 0) is 11.2 Å². The van der Waals surface area contributed by atoms with Crippen LogP contribution in [0.1, 0.15) is 31.4 Å². The number of benzene rings is 2. The van der Waals surface area contributed by atoms with Crippen LogP contribution in [0.5, 0.6) is 0 Å². The number of ether oxygens (including phenoxy) is 1. The van der Waals surface area contributed by atoms with E-state index < -0.39 is 5.82 Å². The molecule has 0 bridgehead atoms. The normalized spacial score (nSPS) is 18.8. The molecule has 0 radical (unpaired) electrons. The van der Waals surface area contributed by atoms with Crippen LogP contribution >= 0.6 is 11.6 Å². The average molecular weight is 383 g/mol. The summed E-state index contributed by atoms with van der Waals surface area (Å²) in [6.45, 7) is 4.09. The fourth-order valence-electron chi connectivity index (χ4n) is 3.53. The SMILES string of the molecule is CC1(C)CC(Cc2ccccc2)N=C(c2cc3cccc(F)c3nc2Cl)O1. The zero-order chi connectivity index (χ0) is 19.0. The van der Waals surface area contributed by atoms with E-state index in [1.165, 1.54) is 11.6 Å². The van der Waals surface area contributed by atoms with Gasteiger partial charge >= 0.3 is 0 Å². The topological polar surface area (TPSA) is 34.5 Å². The highest BCUT2D eigenvalue weighted by atomic mass is 35.5. The summed E-state index contributed by atoms with van der Waals surface area (Å²) in [6, 6.07) is 17.0. The molecule has 3 nitrogen and oxygen atoms in total. The number of hydrogen-bond acceptors (Lipinski definition) is 3. The lowest BCUT2D eigenvalue weighted by atomic mass is 9.93. The largest absolute Gasteiger partial charge is 0.471 e. The molecule has 5 heteroatoms. The molecule has 1 aromatic heterocycles. The zero-order valence-corrected chi connectivity index (χ0v) is 16.0. The van der Waals surface area contributed by atoms with Crippen LogP contribution in [-0.4, -0.2) is 22.5 Å². The molecule has 1 aliphatic rings. The first kappa shape index (κ1) is 17.9. The number of pyridine rings is 1. The number of fused-ring (bicyclic) bond motifs is 1. The first-order valence-corrected chi connectivity index (χ1v) is 9.35. The second-order valence-corrected chi connectivity index (χ2v) is 7.84. The Bertz CT molecular complexity index is 1020. The van der Waals surface area contributed by atoms with Crippen molar-refractivity contribution in [2.45, 2.75) is 38.3 Å². The van der Waals surface area contributed by atoms with E-state index in [0.717, 1.165) is 12.8 Å². The van der Waals surface area contributed by atoms with Gasteiger partial charge in [-0.1, -0.05) is 54.1 Å². The highest BCUT2D eigenvalue weighted by Gasteiger charge is 2.33. The maximum atomic E-state index is 14.0. The Labute approximate surface area is 162 Å². The Hall–Kier alpha value is -2.46. The van der Waals surface area contributed by atoms with Crippen molar-refractivity contribution >= 4 is 28.4 Å². The Morgan fingerprint density at radius 3 is 2.70 bits per heavy atom. The number of hydrogen-bond donors (Lipinski definition) is 0. The van der Waals surface area contributed by atoms with Gasteiger partial charge in [0.05, 0.1) is 11.6 Å². The van der Waals surface area contributed by atoms with Gasteiger partial charge in [0.1, 0.15) is 22.1 Å². The van der Waals surface area contributed by atoms with Crippen molar-refractivity contribution in [3.63, 3.8) is 0 Å². The summed E-state index contributed by atoms with van der Waals surface area (Å²) < 4.78 is 20.1. The summed E-state index contributed by atoms with van der Waals surface area (Å²) >= 11 is 6.37. The van der Waals surface area contributed by atoms with Crippen molar-refractivity contribution in [1.82, 2.24) is 4.98 Å². The number of halogens is 2. The molecule has 1 aliphatic heterocycles. The molecule has 1 atom stereocenters. The molecule has 1 unspecified atom stereocenters. The second-order valence-electron chi connectivity index (χ2n) is 7.48. The van der Waals surface area contributed by atoms with Crippen molar-refractivity contribution in [2.75, 3.05) is 0 Å². The van der Waals surface area contributed by atoms with Crippen molar-refractivity contribution < 1.29 is 9.13 Å². The van der Waals surface area contributed by atoms with Crippen LogP contribution in [0.4, 0.5) is 4.39 Å². The van der Waals surface area contributed by atoms with E-state index in [-0.39, 0.29) is 22.3 Å². The smallest absolute Gasteiger partial charge is 0.220 e. The summed E-state index contributed by atoms with van der Waals surface area (Å²) in [5.41, 5.74) is 1.70. The molecular formula is C22H20ClFN2O.